The Morgan fingerprint density at radius 3 is 2.26 bits per heavy atom. The number of ether oxygens (including phenoxy) is 4. The molecular weight excluding hydrogens is 750 g/mol. The number of aliphatic hydroxyl groups is 2. The molecule has 15 nitrogen and oxygen atoms in total. The van der Waals surface area contributed by atoms with E-state index in [9.17, 15) is 39.9 Å². The second-order valence-electron chi connectivity index (χ2n) is 15.9. The van der Waals surface area contributed by atoms with Crippen LogP contribution in [0.2, 0.25) is 0 Å². The van der Waals surface area contributed by atoms with Gasteiger partial charge in [-0.15, -0.1) is 0 Å². The maximum Gasteiger partial charge on any atom is 0.312 e. The van der Waals surface area contributed by atoms with Crippen LogP contribution in [-0.4, -0.2) is 105 Å². The third kappa shape index (κ3) is 8.52. The highest BCUT2D eigenvalue weighted by molar-refractivity contribution is 6.23. The van der Waals surface area contributed by atoms with Crippen molar-refractivity contribution in [2.75, 3.05) is 25.5 Å². The minimum absolute atomic E-state index is 0.0614. The molecule has 0 saturated carbocycles. The molecule has 0 spiro atoms. The zero-order chi connectivity index (χ0) is 42.8. The lowest BCUT2D eigenvalue weighted by atomic mass is 9.78. The van der Waals surface area contributed by atoms with Crippen molar-refractivity contribution in [1.82, 2.24) is 5.01 Å². The number of phenolic OH excluding ortho intramolecular Hbond substituents is 3. The molecule has 0 radical (unpaired) electrons. The number of anilines is 1. The summed E-state index contributed by atoms with van der Waals surface area (Å²) in [7, 11) is 1.44. The fourth-order valence-corrected chi connectivity index (χ4v) is 8.00. The topological polar surface area (TPSA) is 217 Å². The molecule has 5 bridgehead atoms. The molecule has 1 amide bonds. The van der Waals surface area contributed by atoms with Crippen molar-refractivity contribution in [1.29, 1.82) is 0 Å². The minimum Gasteiger partial charge on any atom is -0.507 e. The molecule has 6 N–H and O–H groups in total. The van der Waals surface area contributed by atoms with Gasteiger partial charge in [-0.3, -0.25) is 19.4 Å². The van der Waals surface area contributed by atoms with Gasteiger partial charge in [-0.05, 0) is 39.2 Å². The number of benzene rings is 2. The van der Waals surface area contributed by atoms with Crippen molar-refractivity contribution < 1.29 is 58.9 Å². The molecule has 9 atom stereocenters. The average Bonchev–Trinajstić information content (AvgIpc) is 3.46. The second kappa shape index (κ2) is 17.8. The lowest BCUT2D eigenvalue weighted by Crippen LogP contribution is -2.46. The number of nitrogens with one attached hydrogen (secondary N) is 1. The number of amides is 1. The van der Waals surface area contributed by atoms with Crippen LogP contribution in [-0.2, 0) is 23.8 Å². The first kappa shape index (κ1) is 44.0. The molecule has 0 aromatic heterocycles. The van der Waals surface area contributed by atoms with Gasteiger partial charge in [-0.25, -0.2) is 0 Å². The summed E-state index contributed by atoms with van der Waals surface area (Å²) in [4.78, 5) is 40.4. The Balaban J connectivity index is 1.71. The van der Waals surface area contributed by atoms with Gasteiger partial charge >= 0.3 is 11.8 Å². The number of piperidine rings is 1. The van der Waals surface area contributed by atoms with Crippen LogP contribution in [0, 0.1) is 30.6 Å². The van der Waals surface area contributed by atoms with Gasteiger partial charge in [0.15, 0.2) is 5.75 Å². The monoisotopic (exact) mass is 807 g/mol. The van der Waals surface area contributed by atoms with Crippen molar-refractivity contribution in [3.8, 4) is 23.0 Å². The summed E-state index contributed by atoms with van der Waals surface area (Å²) in [5.41, 5.74) is -0.303. The number of nitrogens with zero attached hydrogens (tertiary/aromatic N) is 2. The Hall–Kier alpha value is -5.12. The molecule has 4 aliphatic rings. The summed E-state index contributed by atoms with van der Waals surface area (Å²) in [6.07, 6.45) is 7.74. The van der Waals surface area contributed by atoms with Crippen LogP contribution < -0.4 is 10.1 Å². The molecule has 316 valence electrons. The molecule has 4 heterocycles. The van der Waals surface area contributed by atoms with Crippen LogP contribution in [0.3, 0.4) is 0 Å². The zero-order valence-electron chi connectivity index (χ0n) is 34.6. The molecule has 2 aromatic rings. The first-order valence-electron chi connectivity index (χ1n) is 19.7. The van der Waals surface area contributed by atoms with Crippen LogP contribution in [0.5, 0.6) is 23.0 Å². The Morgan fingerprint density at radius 2 is 1.62 bits per heavy atom. The number of aliphatic hydroxyl groups excluding tert-OH is 2. The van der Waals surface area contributed by atoms with Gasteiger partial charge in [0.05, 0.1) is 53.0 Å². The highest BCUT2D eigenvalue weighted by Gasteiger charge is 2.50. The smallest absolute Gasteiger partial charge is 0.312 e. The van der Waals surface area contributed by atoms with Crippen molar-refractivity contribution >= 4 is 40.3 Å². The minimum atomic E-state index is -2.03. The number of esters is 1. The summed E-state index contributed by atoms with van der Waals surface area (Å²) in [6.45, 7) is 13.8. The van der Waals surface area contributed by atoms with E-state index >= 15 is 0 Å². The van der Waals surface area contributed by atoms with Crippen molar-refractivity contribution in [3.05, 3.63) is 52.8 Å². The molecular formula is C43H57N3O12. The fourth-order valence-electron chi connectivity index (χ4n) is 8.00. The molecule has 15 heteroatoms. The lowest BCUT2D eigenvalue weighted by Gasteiger charge is -2.38. The zero-order valence-corrected chi connectivity index (χ0v) is 34.6. The lowest BCUT2D eigenvalue weighted by molar-refractivity contribution is -0.160. The van der Waals surface area contributed by atoms with Gasteiger partial charge in [0, 0.05) is 74.2 Å². The predicted octanol–water partition coefficient (Wildman–Crippen LogP) is 5.57. The van der Waals surface area contributed by atoms with Crippen LogP contribution in [0.1, 0.15) is 89.2 Å². The number of ketones is 1. The predicted molar refractivity (Wildman–Crippen MR) is 217 cm³/mol. The molecule has 6 rings (SSSR count). The number of hydrogen-bond donors (Lipinski definition) is 6. The van der Waals surface area contributed by atoms with Crippen molar-refractivity contribution in [2.45, 2.75) is 105 Å². The normalized spacial score (nSPS) is 32.1. The molecule has 2 aromatic carbocycles. The number of fused-ring (bicyclic) bond motifs is 14. The Bertz CT molecular complexity index is 2040. The average molecular weight is 808 g/mol. The SMILES string of the molecule is CO[C@H]1/C=C/O[C@@]2(C)Oc3c(C)c(O)c4c(O)c(c(/C=N/N5CCCCC5)c(O)c4c3C2=O)NC(=O)/C(C)=C\C=C\[C@H](C)[C@H](O)[C@@H](C)[C@@H](O)[C@@H](C)[C@H](OC(C)=O)[C@@H]1C. The maximum absolute atomic E-state index is 14.4. The number of hydrogen-bond acceptors (Lipinski definition) is 14. The summed E-state index contributed by atoms with van der Waals surface area (Å²) in [5, 5.41) is 66.8. The Morgan fingerprint density at radius 1 is 0.948 bits per heavy atom. The third-order valence-electron chi connectivity index (χ3n) is 11.7. The van der Waals surface area contributed by atoms with E-state index in [1.807, 2.05) is 0 Å². The highest BCUT2D eigenvalue weighted by atomic mass is 16.7. The van der Waals surface area contributed by atoms with Crippen LogP contribution in [0.15, 0.2) is 41.2 Å². The van der Waals surface area contributed by atoms with Crippen LogP contribution >= 0.6 is 0 Å². The van der Waals surface area contributed by atoms with E-state index in [1.165, 1.54) is 59.4 Å². The van der Waals surface area contributed by atoms with Gasteiger partial charge in [-0.1, -0.05) is 45.9 Å². The molecule has 0 unspecified atom stereocenters. The largest absolute Gasteiger partial charge is 0.507 e. The van der Waals surface area contributed by atoms with E-state index in [0.29, 0.717) is 13.1 Å². The van der Waals surface area contributed by atoms with Crippen LogP contribution in [0.4, 0.5) is 5.69 Å². The molecule has 58 heavy (non-hydrogen) atoms. The number of phenols is 3. The van der Waals surface area contributed by atoms with Gasteiger partial charge in [0.25, 0.3) is 11.7 Å². The van der Waals surface area contributed by atoms with Crippen molar-refractivity contribution in [3.63, 3.8) is 0 Å². The van der Waals surface area contributed by atoms with E-state index < -0.39 is 88.8 Å². The maximum atomic E-state index is 14.4. The van der Waals surface area contributed by atoms with Crippen molar-refractivity contribution in [2.24, 2.45) is 28.8 Å². The van der Waals surface area contributed by atoms with E-state index in [2.05, 4.69) is 10.4 Å². The molecule has 1 saturated heterocycles. The quantitative estimate of drug-likeness (QED) is 0.0965. The first-order valence-corrected chi connectivity index (χ1v) is 19.7. The fraction of sp³-hybridized carbons (Fsp3) is 0.535. The third-order valence-corrected chi connectivity index (χ3v) is 11.7. The van der Waals surface area contributed by atoms with Gasteiger partial charge in [0.2, 0.25) is 0 Å². The number of hydrazone groups is 1. The molecule has 4 aliphatic heterocycles. The number of rotatable bonds is 4. The number of carbonyl (C=O) groups excluding carboxylic acids is 3. The Kier molecular flexibility index (Phi) is 13.5. The highest BCUT2D eigenvalue weighted by Crippen LogP contribution is 2.55. The van der Waals surface area contributed by atoms with Gasteiger partial charge in [-0.2, -0.15) is 5.10 Å². The molecule has 0 aliphatic carbocycles. The number of carbonyl (C=O) groups is 3. The van der Waals surface area contributed by atoms with E-state index in [0.717, 1.165) is 19.3 Å². The summed E-state index contributed by atoms with van der Waals surface area (Å²) in [5.74, 6) is -8.27. The van der Waals surface area contributed by atoms with Gasteiger partial charge in [0.1, 0.15) is 23.4 Å². The van der Waals surface area contributed by atoms with Gasteiger partial charge < -0.3 is 49.8 Å². The number of allylic oxidation sites excluding steroid dienone is 2. The number of aromatic hydroxyl groups is 3. The molecule has 1 fully saturated rings. The summed E-state index contributed by atoms with van der Waals surface area (Å²) < 4.78 is 23.6. The van der Waals surface area contributed by atoms with E-state index in [-0.39, 0.29) is 44.5 Å². The standard InChI is InChI=1S/C43H57N3O12/c1-21-14-13-15-22(2)42(54)45-33-28(20-44-46-17-11-10-12-18-46)37(51)30-31(38(33)52)36(50)26(6)40-32(30)41(53)43(8,58-40)56-19-16-29(55-9)23(3)39(57-27(7)47)25(5)35(49)24(4)34(21)48/h13-16,19-21,23-25,29,34-35,39,48-52H,10-12,17-18H2,1-9H3,(H,45,54)/b14-13+,19-16+,22-15-,44-20+/t21-,23+,24+,25+,29-,34-,35+,39+,43-/m0/s1. The number of methoxy groups -OCH3 is 1. The van der Waals surface area contributed by atoms with E-state index in [4.69, 9.17) is 18.9 Å². The number of Topliss-reactive ketones (excluding diaryl/α,β-unsaturated/α-hetero) is 1. The van der Waals surface area contributed by atoms with E-state index in [1.54, 1.807) is 44.9 Å². The summed E-state index contributed by atoms with van der Waals surface area (Å²) in [6, 6.07) is 0. The van der Waals surface area contributed by atoms with Crippen LogP contribution in [0.25, 0.3) is 10.8 Å². The Labute approximate surface area is 338 Å². The second-order valence-corrected chi connectivity index (χ2v) is 15.9. The first-order chi connectivity index (χ1) is 27.3. The summed E-state index contributed by atoms with van der Waals surface area (Å²) >= 11 is 0.